The maximum atomic E-state index is 11.7. The fourth-order valence-corrected chi connectivity index (χ4v) is 1.83. The number of nitrogens with one attached hydrogen (secondary N) is 1. The number of unbranched alkanes of at least 4 members (excludes halogenated alkanes) is 4. The van der Waals surface area contributed by atoms with Crippen LogP contribution >= 0.6 is 0 Å². The van der Waals surface area contributed by atoms with Gasteiger partial charge in [-0.05, 0) is 19.3 Å². The zero-order chi connectivity index (χ0) is 14.5. The van der Waals surface area contributed by atoms with Crippen LogP contribution in [0.25, 0.3) is 0 Å². The molecule has 0 spiro atoms. The number of hydrogen-bond acceptors (Lipinski definition) is 2. The van der Waals surface area contributed by atoms with E-state index < -0.39 is 0 Å². The van der Waals surface area contributed by atoms with E-state index in [1.54, 1.807) is 0 Å². The zero-order valence-electron chi connectivity index (χ0n) is 12.5. The van der Waals surface area contributed by atoms with Gasteiger partial charge in [0.1, 0.15) is 0 Å². The van der Waals surface area contributed by atoms with Crippen molar-refractivity contribution in [1.29, 1.82) is 0 Å². The van der Waals surface area contributed by atoms with Crippen molar-refractivity contribution in [1.82, 2.24) is 5.32 Å². The number of guanidine groups is 1. The van der Waals surface area contributed by atoms with Gasteiger partial charge in [-0.25, -0.2) is 0 Å². The number of rotatable bonds is 11. The van der Waals surface area contributed by atoms with Crippen LogP contribution < -0.4 is 16.8 Å². The minimum absolute atomic E-state index is 0.141. The Morgan fingerprint density at radius 3 is 2.47 bits per heavy atom. The topological polar surface area (TPSA) is 93.5 Å². The monoisotopic (exact) mass is 270 g/mol. The van der Waals surface area contributed by atoms with Crippen LogP contribution in [0.1, 0.15) is 58.8 Å². The quantitative estimate of drug-likeness (QED) is 0.303. The first-order valence-corrected chi connectivity index (χ1v) is 7.41. The Morgan fingerprint density at radius 2 is 1.84 bits per heavy atom. The predicted octanol–water partition coefficient (Wildman–Crippen LogP) is 1.76. The summed E-state index contributed by atoms with van der Waals surface area (Å²) in [6, 6.07) is 0. The number of nitrogens with two attached hydrogens (primary N) is 2. The molecule has 0 aromatic carbocycles. The Balaban J connectivity index is 3.38. The lowest BCUT2D eigenvalue weighted by Gasteiger charge is -2.11. The molecule has 1 unspecified atom stereocenters. The molecule has 0 saturated heterocycles. The maximum absolute atomic E-state index is 11.7. The molecule has 5 heteroatoms. The summed E-state index contributed by atoms with van der Waals surface area (Å²) in [5.41, 5.74) is 10.5. The smallest absolute Gasteiger partial charge is 0.222 e. The summed E-state index contributed by atoms with van der Waals surface area (Å²) >= 11 is 0. The van der Waals surface area contributed by atoms with Crippen molar-refractivity contribution in [2.45, 2.75) is 58.8 Å². The van der Waals surface area contributed by atoms with Gasteiger partial charge in [-0.15, -0.1) is 0 Å². The van der Waals surface area contributed by atoms with Crippen LogP contribution in [-0.4, -0.2) is 25.0 Å². The van der Waals surface area contributed by atoms with Crippen LogP contribution in [0.5, 0.6) is 0 Å². The van der Waals surface area contributed by atoms with Gasteiger partial charge in [0, 0.05) is 19.0 Å². The molecule has 0 heterocycles. The molecule has 0 aliphatic rings. The Kier molecular flexibility index (Phi) is 11.0. The normalized spacial score (nSPS) is 11.9. The molecule has 112 valence electrons. The van der Waals surface area contributed by atoms with Crippen LogP contribution in [-0.2, 0) is 4.79 Å². The highest BCUT2D eigenvalue weighted by molar-refractivity contribution is 5.78. The largest absolute Gasteiger partial charge is 0.370 e. The van der Waals surface area contributed by atoms with Crippen LogP contribution in [0, 0.1) is 5.92 Å². The van der Waals surface area contributed by atoms with E-state index in [0.29, 0.717) is 6.54 Å². The summed E-state index contributed by atoms with van der Waals surface area (Å²) < 4.78 is 0. The van der Waals surface area contributed by atoms with E-state index in [1.165, 1.54) is 0 Å². The predicted molar refractivity (Wildman–Crippen MR) is 80.8 cm³/mol. The lowest BCUT2D eigenvalue weighted by atomic mass is 10.0. The highest BCUT2D eigenvalue weighted by Crippen LogP contribution is 2.07. The van der Waals surface area contributed by atoms with E-state index in [0.717, 1.165) is 51.5 Å². The number of nitrogens with zero attached hydrogens (tertiary/aromatic N) is 1. The third-order valence-electron chi connectivity index (χ3n) is 3.12. The van der Waals surface area contributed by atoms with Gasteiger partial charge >= 0.3 is 0 Å². The first kappa shape index (κ1) is 17.7. The molecular weight excluding hydrogens is 240 g/mol. The molecule has 0 rings (SSSR count). The van der Waals surface area contributed by atoms with Gasteiger partial charge < -0.3 is 16.8 Å². The second-order valence-electron chi connectivity index (χ2n) is 5.06. The average molecular weight is 270 g/mol. The van der Waals surface area contributed by atoms with E-state index in [4.69, 9.17) is 11.5 Å². The Morgan fingerprint density at radius 1 is 1.16 bits per heavy atom. The van der Waals surface area contributed by atoms with E-state index in [-0.39, 0.29) is 17.8 Å². The third-order valence-corrected chi connectivity index (χ3v) is 3.12. The molecule has 19 heavy (non-hydrogen) atoms. The van der Waals surface area contributed by atoms with E-state index in [2.05, 4.69) is 17.2 Å². The SMILES string of the molecule is CCCCC(C)C(=O)NCCCCCCN=C(N)N. The maximum Gasteiger partial charge on any atom is 0.222 e. The Bertz CT molecular complexity index is 262. The van der Waals surface area contributed by atoms with Crippen LogP contribution in [0.15, 0.2) is 4.99 Å². The molecule has 0 aliphatic carbocycles. The van der Waals surface area contributed by atoms with Gasteiger partial charge in [0.05, 0.1) is 0 Å². The summed E-state index contributed by atoms with van der Waals surface area (Å²) in [6.07, 6.45) is 7.47. The standard InChI is InChI=1S/C14H30N4O/c1-3-4-9-12(2)13(19)17-10-7-5-6-8-11-18-14(15)16/h12H,3-11H2,1-2H3,(H,17,19)(H4,15,16,18). The molecule has 1 amide bonds. The molecule has 0 fully saturated rings. The molecule has 0 aromatic rings. The zero-order valence-corrected chi connectivity index (χ0v) is 12.5. The van der Waals surface area contributed by atoms with E-state index in [9.17, 15) is 4.79 Å². The summed E-state index contributed by atoms with van der Waals surface area (Å²) in [5.74, 6) is 0.490. The van der Waals surface area contributed by atoms with E-state index >= 15 is 0 Å². The molecular formula is C14H30N4O. The lowest BCUT2D eigenvalue weighted by Crippen LogP contribution is -2.30. The molecule has 5 N–H and O–H groups in total. The highest BCUT2D eigenvalue weighted by atomic mass is 16.1. The molecule has 5 nitrogen and oxygen atoms in total. The minimum atomic E-state index is 0.141. The average Bonchev–Trinajstić information content (AvgIpc) is 2.38. The van der Waals surface area contributed by atoms with Gasteiger partial charge in [-0.2, -0.15) is 0 Å². The molecule has 0 bridgehead atoms. The summed E-state index contributed by atoms with van der Waals surface area (Å²) in [4.78, 5) is 15.6. The lowest BCUT2D eigenvalue weighted by molar-refractivity contribution is -0.124. The van der Waals surface area contributed by atoms with Crippen LogP contribution in [0.4, 0.5) is 0 Å². The first-order valence-electron chi connectivity index (χ1n) is 7.41. The highest BCUT2D eigenvalue weighted by Gasteiger charge is 2.10. The Labute approximate surface area is 117 Å². The minimum Gasteiger partial charge on any atom is -0.370 e. The fourth-order valence-electron chi connectivity index (χ4n) is 1.83. The number of amides is 1. The van der Waals surface area contributed by atoms with Gasteiger partial charge in [-0.3, -0.25) is 9.79 Å². The van der Waals surface area contributed by atoms with E-state index in [1.807, 2.05) is 6.92 Å². The number of aliphatic imine (C=N–C) groups is 1. The number of hydrogen-bond donors (Lipinski definition) is 3. The molecule has 0 aromatic heterocycles. The molecule has 0 radical (unpaired) electrons. The van der Waals surface area contributed by atoms with Crippen LogP contribution in [0.2, 0.25) is 0 Å². The third kappa shape index (κ3) is 11.6. The molecule has 0 aliphatic heterocycles. The van der Waals surface area contributed by atoms with Crippen molar-refractivity contribution in [2.24, 2.45) is 22.4 Å². The van der Waals surface area contributed by atoms with Crippen molar-refractivity contribution >= 4 is 11.9 Å². The summed E-state index contributed by atoms with van der Waals surface area (Å²) in [6.45, 7) is 5.62. The van der Waals surface area contributed by atoms with Crippen molar-refractivity contribution in [2.75, 3.05) is 13.1 Å². The number of carbonyl (C=O) groups excluding carboxylic acids is 1. The van der Waals surface area contributed by atoms with Crippen molar-refractivity contribution in [3.8, 4) is 0 Å². The van der Waals surface area contributed by atoms with Gasteiger partial charge in [0.15, 0.2) is 5.96 Å². The van der Waals surface area contributed by atoms with Gasteiger partial charge in [0.2, 0.25) is 5.91 Å². The van der Waals surface area contributed by atoms with Crippen molar-refractivity contribution in [3.63, 3.8) is 0 Å². The molecule has 1 atom stereocenters. The van der Waals surface area contributed by atoms with Gasteiger partial charge in [-0.1, -0.05) is 39.5 Å². The van der Waals surface area contributed by atoms with Crippen LogP contribution in [0.3, 0.4) is 0 Å². The Hall–Kier alpha value is -1.26. The first-order chi connectivity index (χ1) is 9.07. The van der Waals surface area contributed by atoms with Crippen molar-refractivity contribution in [3.05, 3.63) is 0 Å². The second kappa shape index (κ2) is 11.8. The number of carbonyl (C=O) groups is 1. The summed E-state index contributed by atoms with van der Waals surface area (Å²) in [7, 11) is 0. The summed E-state index contributed by atoms with van der Waals surface area (Å²) in [5, 5.41) is 2.99. The van der Waals surface area contributed by atoms with Gasteiger partial charge in [0.25, 0.3) is 0 Å². The second-order valence-corrected chi connectivity index (χ2v) is 5.06. The molecule has 0 saturated carbocycles. The fraction of sp³-hybridized carbons (Fsp3) is 0.857. The van der Waals surface area contributed by atoms with Crippen molar-refractivity contribution < 1.29 is 4.79 Å².